The van der Waals surface area contributed by atoms with Crippen LogP contribution in [0.2, 0.25) is 10.0 Å². The molecule has 1 N–H and O–H groups in total. The third kappa shape index (κ3) is 1.39. The fourth-order valence-corrected chi connectivity index (χ4v) is 1.84. The predicted octanol–water partition coefficient (Wildman–Crippen LogP) is 3.99. The Labute approximate surface area is 92.2 Å². The Morgan fingerprint density at radius 3 is 2.64 bits per heavy atom. The molecule has 2 rings (SSSR count). The number of hydrogen-bond donors (Lipinski definition) is 1. The van der Waals surface area contributed by atoms with Crippen molar-refractivity contribution in [2.75, 3.05) is 0 Å². The van der Waals surface area contributed by atoms with Gasteiger partial charge >= 0.3 is 0 Å². The minimum Gasteiger partial charge on any atom is -0.281 e. The van der Waals surface area contributed by atoms with Crippen molar-refractivity contribution in [2.24, 2.45) is 0 Å². The van der Waals surface area contributed by atoms with Gasteiger partial charge in [-0.25, -0.2) is 0 Å². The van der Waals surface area contributed by atoms with Crippen LogP contribution in [0.25, 0.3) is 10.9 Å². The second-order valence-electron chi connectivity index (χ2n) is 3.55. The summed E-state index contributed by atoms with van der Waals surface area (Å²) in [6.07, 6.45) is 0. The summed E-state index contributed by atoms with van der Waals surface area (Å²) in [7, 11) is 0. The molecule has 0 spiro atoms. The maximum atomic E-state index is 6.03. The zero-order valence-corrected chi connectivity index (χ0v) is 9.45. The van der Waals surface area contributed by atoms with Gasteiger partial charge in [-0.1, -0.05) is 37.0 Å². The van der Waals surface area contributed by atoms with Crippen LogP contribution in [-0.2, 0) is 0 Å². The quantitative estimate of drug-likeness (QED) is 0.786. The number of nitrogens with zero attached hydrogens (tertiary/aromatic N) is 1. The zero-order valence-electron chi connectivity index (χ0n) is 7.94. The van der Waals surface area contributed by atoms with Crippen LogP contribution in [0.5, 0.6) is 0 Å². The Bertz CT molecular complexity index is 474. The fourth-order valence-electron chi connectivity index (χ4n) is 1.48. The van der Waals surface area contributed by atoms with Crippen molar-refractivity contribution >= 4 is 34.1 Å². The number of nitrogens with one attached hydrogen (secondary N) is 1. The highest BCUT2D eigenvalue weighted by Crippen LogP contribution is 2.32. The standard InChI is InChI=1S/C10H10Cl2N2/c1-5(2)9-6-3-4-7(11)8(12)10(6)14-13-9/h3-5H,1-2H3,(H,13,14). The molecule has 0 bridgehead atoms. The molecule has 14 heavy (non-hydrogen) atoms. The Morgan fingerprint density at radius 1 is 1.29 bits per heavy atom. The number of H-pyrrole nitrogens is 1. The third-order valence-corrected chi connectivity index (χ3v) is 3.02. The van der Waals surface area contributed by atoms with E-state index in [-0.39, 0.29) is 0 Å². The molecule has 1 aromatic heterocycles. The van der Waals surface area contributed by atoms with Gasteiger partial charge in [0.1, 0.15) is 5.52 Å². The molecule has 0 saturated carbocycles. The van der Waals surface area contributed by atoms with Crippen molar-refractivity contribution in [3.05, 3.63) is 27.9 Å². The largest absolute Gasteiger partial charge is 0.281 e. The van der Waals surface area contributed by atoms with E-state index in [9.17, 15) is 0 Å². The first-order chi connectivity index (χ1) is 6.61. The minimum atomic E-state index is 0.400. The lowest BCUT2D eigenvalue weighted by Crippen LogP contribution is -1.87. The predicted molar refractivity (Wildman–Crippen MR) is 60.2 cm³/mol. The Balaban J connectivity index is 2.77. The second-order valence-corrected chi connectivity index (χ2v) is 4.33. The summed E-state index contributed by atoms with van der Waals surface area (Å²) in [4.78, 5) is 0. The van der Waals surface area contributed by atoms with Gasteiger partial charge in [0.2, 0.25) is 0 Å². The Kier molecular flexibility index (Phi) is 2.41. The lowest BCUT2D eigenvalue weighted by atomic mass is 10.1. The molecular weight excluding hydrogens is 219 g/mol. The van der Waals surface area contributed by atoms with Crippen LogP contribution < -0.4 is 0 Å². The first-order valence-corrected chi connectivity index (χ1v) is 5.19. The number of benzene rings is 1. The number of aromatic nitrogens is 2. The maximum Gasteiger partial charge on any atom is 0.112 e. The summed E-state index contributed by atoms with van der Waals surface area (Å²) in [5, 5.41) is 9.26. The molecule has 2 nitrogen and oxygen atoms in total. The SMILES string of the molecule is CC(C)c1[nH]nc2c(Cl)c(Cl)ccc12. The van der Waals surface area contributed by atoms with Crippen LogP contribution in [0.4, 0.5) is 0 Å². The maximum absolute atomic E-state index is 6.03. The van der Waals surface area contributed by atoms with E-state index in [0.29, 0.717) is 16.0 Å². The van der Waals surface area contributed by atoms with Crippen LogP contribution in [0.15, 0.2) is 12.1 Å². The molecule has 74 valence electrons. The monoisotopic (exact) mass is 228 g/mol. The van der Waals surface area contributed by atoms with Crippen LogP contribution in [-0.4, -0.2) is 10.2 Å². The van der Waals surface area contributed by atoms with Gasteiger partial charge in [0, 0.05) is 11.1 Å². The second kappa shape index (κ2) is 3.44. The summed E-state index contributed by atoms with van der Waals surface area (Å²) >= 11 is 11.9. The number of hydrogen-bond acceptors (Lipinski definition) is 1. The lowest BCUT2D eigenvalue weighted by Gasteiger charge is -2.01. The van der Waals surface area contributed by atoms with Crippen molar-refractivity contribution in [1.82, 2.24) is 10.2 Å². The number of fused-ring (bicyclic) bond motifs is 1. The molecule has 0 amide bonds. The minimum absolute atomic E-state index is 0.400. The van der Waals surface area contributed by atoms with Crippen LogP contribution in [0.1, 0.15) is 25.5 Å². The van der Waals surface area contributed by atoms with Gasteiger partial charge in [0.05, 0.1) is 10.0 Å². The van der Waals surface area contributed by atoms with Crippen LogP contribution in [0.3, 0.4) is 0 Å². The van der Waals surface area contributed by atoms with Gasteiger partial charge in [0.25, 0.3) is 0 Å². The smallest absolute Gasteiger partial charge is 0.112 e. The molecule has 4 heteroatoms. The Morgan fingerprint density at radius 2 is 2.00 bits per heavy atom. The average Bonchev–Trinajstić information content (AvgIpc) is 2.55. The molecule has 1 heterocycles. The van der Waals surface area contributed by atoms with Gasteiger partial charge < -0.3 is 0 Å². The first-order valence-electron chi connectivity index (χ1n) is 4.43. The fraction of sp³-hybridized carbons (Fsp3) is 0.300. The van der Waals surface area contributed by atoms with Crippen molar-refractivity contribution < 1.29 is 0 Å². The van der Waals surface area contributed by atoms with Crippen LogP contribution >= 0.6 is 23.2 Å². The van der Waals surface area contributed by atoms with E-state index >= 15 is 0 Å². The highest BCUT2D eigenvalue weighted by Gasteiger charge is 2.12. The number of halogens is 2. The van der Waals surface area contributed by atoms with Crippen molar-refractivity contribution in [1.29, 1.82) is 0 Å². The van der Waals surface area contributed by atoms with Crippen molar-refractivity contribution in [2.45, 2.75) is 19.8 Å². The molecule has 0 saturated heterocycles. The van der Waals surface area contributed by atoms with E-state index < -0.39 is 0 Å². The Hall–Kier alpha value is -0.730. The lowest BCUT2D eigenvalue weighted by molar-refractivity contribution is 0.818. The van der Waals surface area contributed by atoms with Gasteiger partial charge in [-0.2, -0.15) is 5.10 Å². The molecule has 0 fully saturated rings. The zero-order chi connectivity index (χ0) is 10.3. The van der Waals surface area contributed by atoms with E-state index in [2.05, 4.69) is 24.0 Å². The summed E-state index contributed by atoms with van der Waals surface area (Å²) in [5.41, 5.74) is 1.85. The van der Waals surface area contributed by atoms with Crippen molar-refractivity contribution in [3.63, 3.8) is 0 Å². The summed E-state index contributed by atoms with van der Waals surface area (Å²) < 4.78 is 0. The summed E-state index contributed by atoms with van der Waals surface area (Å²) in [6, 6.07) is 3.75. The highest BCUT2D eigenvalue weighted by molar-refractivity contribution is 6.45. The molecule has 0 radical (unpaired) electrons. The van der Waals surface area contributed by atoms with E-state index in [1.54, 1.807) is 6.07 Å². The van der Waals surface area contributed by atoms with E-state index in [0.717, 1.165) is 16.6 Å². The average molecular weight is 229 g/mol. The highest BCUT2D eigenvalue weighted by atomic mass is 35.5. The molecule has 2 aromatic rings. The molecule has 0 unspecified atom stereocenters. The van der Waals surface area contributed by atoms with E-state index in [1.165, 1.54) is 0 Å². The molecule has 0 atom stereocenters. The molecule has 0 aliphatic rings. The van der Waals surface area contributed by atoms with Gasteiger partial charge in [0.15, 0.2) is 0 Å². The van der Waals surface area contributed by atoms with Gasteiger partial charge in [-0.15, -0.1) is 0 Å². The number of aromatic amines is 1. The van der Waals surface area contributed by atoms with E-state index in [1.807, 2.05) is 6.07 Å². The molecule has 1 aromatic carbocycles. The molecular formula is C10H10Cl2N2. The van der Waals surface area contributed by atoms with Crippen molar-refractivity contribution in [3.8, 4) is 0 Å². The summed E-state index contributed by atoms with van der Waals surface area (Å²) in [6.45, 7) is 4.21. The van der Waals surface area contributed by atoms with Crippen LogP contribution in [0, 0.1) is 0 Å². The van der Waals surface area contributed by atoms with Gasteiger partial charge in [-0.05, 0) is 18.1 Å². The molecule has 0 aliphatic carbocycles. The normalized spacial score (nSPS) is 11.5. The summed E-state index contributed by atoms with van der Waals surface area (Å²) in [5.74, 6) is 0.400. The van der Waals surface area contributed by atoms with E-state index in [4.69, 9.17) is 23.2 Å². The third-order valence-electron chi connectivity index (χ3n) is 2.22. The topological polar surface area (TPSA) is 28.7 Å². The number of rotatable bonds is 1. The molecule has 0 aliphatic heterocycles. The van der Waals surface area contributed by atoms with Gasteiger partial charge in [-0.3, -0.25) is 5.10 Å². The first kappa shape index (κ1) is 9.81.